The average Bonchev–Trinajstić information content (AvgIpc) is 2.47. The lowest BCUT2D eigenvalue weighted by molar-refractivity contribution is -0.118. The number of carbonyl (C=O) groups excluding carboxylic acids is 1. The number of piperidine rings is 1. The van der Waals surface area contributed by atoms with Gasteiger partial charge in [-0.05, 0) is 33.0 Å². The van der Waals surface area contributed by atoms with Gasteiger partial charge in [0.15, 0.2) is 6.61 Å². The van der Waals surface area contributed by atoms with Crippen molar-refractivity contribution in [1.29, 1.82) is 0 Å². The third-order valence-corrected chi connectivity index (χ3v) is 4.30. The predicted octanol–water partition coefficient (Wildman–Crippen LogP) is 1.13. The van der Waals surface area contributed by atoms with Gasteiger partial charge >= 0.3 is 0 Å². The van der Waals surface area contributed by atoms with Gasteiger partial charge in [-0.2, -0.15) is 0 Å². The van der Waals surface area contributed by atoms with Crippen LogP contribution in [0.25, 0.3) is 0 Å². The van der Waals surface area contributed by atoms with E-state index in [2.05, 4.69) is 29.2 Å². The van der Waals surface area contributed by atoms with Gasteiger partial charge in [0.1, 0.15) is 5.75 Å². The molecule has 0 bridgehead atoms. The standard InChI is InChI=1S/C15H22N4O2/c1-18(2)10-3-5-19(6-4-10)13-8-12-14(7-11(13)16)21-9-15(20)17-12/h7-8,10H,3-6,9,16H2,1-2H3,(H,17,20). The van der Waals surface area contributed by atoms with Gasteiger partial charge in [-0.3, -0.25) is 4.79 Å². The van der Waals surface area contributed by atoms with Crippen molar-refractivity contribution in [2.24, 2.45) is 0 Å². The summed E-state index contributed by atoms with van der Waals surface area (Å²) in [4.78, 5) is 16.0. The van der Waals surface area contributed by atoms with Crippen LogP contribution in [0.15, 0.2) is 12.1 Å². The molecule has 6 nitrogen and oxygen atoms in total. The third-order valence-electron chi connectivity index (χ3n) is 4.30. The van der Waals surface area contributed by atoms with Crippen LogP contribution in [0.2, 0.25) is 0 Å². The molecule has 0 spiro atoms. The second-order valence-corrected chi connectivity index (χ2v) is 5.93. The summed E-state index contributed by atoms with van der Waals surface area (Å²) in [6.07, 6.45) is 2.23. The highest BCUT2D eigenvalue weighted by molar-refractivity contribution is 5.97. The van der Waals surface area contributed by atoms with E-state index < -0.39 is 0 Å². The van der Waals surface area contributed by atoms with E-state index in [4.69, 9.17) is 10.5 Å². The molecule has 1 amide bonds. The maximum absolute atomic E-state index is 11.4. The summed E-state index contributed by atoms with van der Waals surface area (Å²) < 4.78 is 5.39. The summed E-state index contributed by atoms with van der Waals surface area (Å²) in [5.74, 6) is 0.531. The fraction of sp³-hybridized carbons (Fsp3) is 0.533. The van der Waals surface area contributed by atoms with E-state index in [0.717, 1.165) is 31.6 Å². The number of carbonyl (C=O) groups is 1. The molecular formula is C15H22N4O2. The summed E-state index contributed by atoms with van der Waals surface area (Å²) in [6.45, 7) is 2.00. The van der Waals surface area contributed by atoms with Crippen LogP contribution in [-0.4, -0.2) is 50.6 Å². The summed E-state index contributed by atoms with van der Waals surface area (Å²) in [6, 6.07) is 4.36. The number of nitrogens with zero attached hydrogens (tertiary/aromatic N) is 2. The van der Waals surface area contributed by atoms with E-state index >= 15 is 0 Å². The molecule has 0 unspecified atom stereocenters. The Balaban J connectivity index is 1.80. The smallest absolute Gasteiger partial charge is 0.262 e. The first-order chi connectivity index (χ1) is 10.0. The lowest BCUT2D eigenvalue weighted by Gasteiger charge is -2.37. The first kappa shape index (κ1) is 14.0. The van der Waals surface area contributed by atoms with Crippen LogP contribution in [0.1, 0.15) is 12.8 Å². The summed E-state index contributed by atoms with van der Waals surface area (Å²) in [5.41, 5.74) is 8.56. The third kappa shape index (κ3) is 2.76. The number of fused-ring (bicyclic) bond motifs is 1. The van der Waals surface area contributed by atoms with Crippen LogP contribution in [0.5, 0.6) is 5.75 Å². The molecule has 0 aromatic heterocycles. The molecule has 2 aliphatic heterocycles. The highest BCUT2D eigenvalue weighted by Crippen LogP contribution is 2.37. The minimum Gasteiger partial charge on any atom is -0.482 e. The Morgan fingerprint density at radius 2 is 2.05 bits per heavy atom. The van der Waals surface area contributed by atoms with Crippen molar-refractivity contribution in [3.05, 3.63) is 12.1 Å². The largest absolute Gasteiger partial charge is 0.482 e. The first-order valence-electron chi connectivity index (χ1n) is 7.32. The number of nitrogens with two attached hydrogens (primary N) is 1. The van der Waals surface area contributed by atoms with Crippen LogP contribution in [0.3, 0.4) is 0 Å². The zero-order valence-corrected chi connectivity index (χ0v) is 12.6. The van der Waals surface area contributed by atoms with Gasteiger partial charge in [-0.1, -0.05) is 0 Å². The SMILES string of the molecule is CN(C)C1CCN(c2cc3c(cc2N)OCC(=O)N3)CC1. The predicted molar refractivity (Wildman–Crippen MR) is 83.9 cm³/mol. The summed E-state index contributed by atoms with van der Waals surface area (Å²) in [7, 11) is 4.25. The number of anilines is 3. The second kappa shape index (κ2) is 5.44. The highest BCUT2D eigenvalue weighted by Gasteiger charge is 2.24. The van der Waals surface area contributed by atoms with Crippen LogP contribution < -0.4 is 20.7 Å². The maximum Gasteiger partial charge on any atom is 0.262 e. The van der Waals surface area contributed by atoms with Crippen LogP contribution >= 0.6 is 0 Å². The van der Waals surface area contributed by atoms with Crippen molar-refractivity contribution < 1.29 is 9.53 Å². The Hall–Kier alpha value is -1.95. The van der Waals surface area contributed by atoms with Gasteiger partial charge in [-0.15, -0.1) is 0 Å². The number of nitrogen functional groups attached to an aromatic ring is 1. The number of hydrogen-bond acceptors (Lipinski definition) is 5. The number of hydrogen-bond donors (Lipinski definition) is 2. The Labute approximate surface area is 124 Å². The van der Waals surface area contributed by atoms with E-state index in [0.29, 0.717) is 23.2 Å². The molecule has 2 aliphatic rings. The van der Waals surface area contributed by atoms with Crippen LogP contribution in [0.4, 0.5) is 17.1 Å². The maximum atomic E-state index is 11.4. The van der Waals surface area contributed by atoms with Gasteiger partial charge in [0, 0.05) is 25.2 Å². The molecule has 0 saturated carbocycles. The van der Waals surface area contributed by atoms with Crippen molar-refractivity contribution in [3.63, 3.8) is 0 Å². The second-order valence-electron chi connectivity index (χ2n) is 5.93. The van der Waals surface area contributed by atoms with Crippen molar-refractivity contribution in [3.8, 4) is 5.75 Å². The fourth-order valence-corrected chi connectivity index (χ4v) is 3.03. The molecular weight excluding hydrogens is 268 g/mol. The lowest BCUT2D eigenvalue weighted by atomic mass is 10.0. The lowest BCUT2D eigenvalue weighted by Crippen LogP contribution is -2.42. The van der Waals surface area contributed by atoms with Gasteiger partial charge in [0.05, 0.1) is 17.1 Å². The average molecular weight is 290 g/mol. The summed E-state index contributed by atoms with van der Waals surface area (Å²) in [5, 5.41) is 2.84. The van der Waals surface area contributed by atoms with Crippen molar-refractivity contribution in [2.75, 3.05) is 49.7 Å². The quantitative estimate of drug-likeness (QED) is 0.799. The molecule has 3 rings (SSSR count). The van der Waals surface area contributed by atoms with E-state index in [9.17, 15) is 4.79 Å². The molecule has 0 aliphatic carbocycles. The van der Waals surface area contributed by atoms with Gasteiger partial charge in [-0.25, -0.2) is 0 Å². The number of benzene rings is 1. The highest BCUT2D eigenvalue weighted by atomic mass is 16.5. The minimum atomic E-state index is -0.121. The molecule has 114 valence electrons. The topological polar surface area (TPSA) is 70.8 Å². The molecule has 1 fully saturated rings. The number of nitrogens with one attached hydrogen (secondary N) is 1. The van der Waals surface area contributed by atoms with Crippen molar-refractivity contribution >= 4 is 23.0 Å². The molecule has 0 radical (unpaired) electrons. The normalized spacial score (nSPS) is 19.2. The number of ether oxygens (including phenoxy) is 1. The monoisotopic (exact) mass is 290 g/mol. The van der Waals surface area contributed by atoms with Crippen LogP contribution in [-0.2, 0) is 4.79 Å². The molecule has 0 atom stereocenters. The van der Waals surface area contributed by atoms with Gasteiger partial charge in [0.25, 0.3) is 5.91 Å². The fourth-order valence-electron chi connectivity index (χ4n) is 3.03. The molecule has 1 aromatic rings. The zero-order valence-electron chi connectivity index (χ0n) is 12.6. The first-order valence-corrected chi connectivity index (χ1v) is 7.32. The Morgan fingerprint density at radius 3 is 2.71 bits per heavy atom. The van der Waals surface area contributed by atoms with E-state index in [-0.39, 0.29) is 12.5 Å². The molecule has 21 heavy (non-hydrogen) atoms. The van der Waals surface area contributed by atoms with E-state index in [1.807, 2.05) is 12.1 Å². The van der Waals surface area contributed by atoms with Gasteiger partial charge < -0.3 is 25.6 Å². The van der Waals surface area contributed by atoms with Crippen molar-refractivity contribution in [1.82, 2.24) is 4.90 Å². The molecule has 6 heteroatoms. The van der Waals surface area contributed by atoms with Crippen LogP contribution in [0, 0.1) is 0 Å². The van der Waals surface area contributed by atoms with E-state index in [1.54, 1.807) is 0 Å². The Bertz CT molecular complexity index is 551. The molecule has 3 N–H and O–H groups in total. The van der Waals surface area contributed by atoms with Gasteiger partial charge in [0.2, 0.25) is 0 Å². The number of rotatable bonds is 2. The molecule has 1 saturated heterocycles. The van der Waals surface area contributed by atoms with Crippen molar-refractivity contribution in [2.45, 2.75) is 18.9 Å². The molecule has 1 aromatic carbocycles. The van der Waals surface area contributed by atoms with E-state index in [1.165, 1.54) is 0 Å². The zero-order chi connectivity index (χ0) is 15.0. The molecule has 2 heterocycles. The Morgan fingerprint density at radius 1 is 1.33 bits per heavy atom. The number of amides is 1. The summed E-state index contributed by atoms with van der Waals surface area (Å²) >= 11 is 0. The Kier molecular flexibility index (Phi) is 3.63. The minimum absolute atomic E-state index is 0.0556.